The van der Waals surface area contributed by atoms with Crippen LogP contribution in [0, 0.1) is 5.92 Å². The van der Waals surface area contributed by atoms with Crippen LogP contribution in [0.2, 0.25) is 0 Å². The molecule has 5 heteroatoms. The fourth-order valence-electron chi connectivity index (χ4n) is 2.42. The smallest absolute Gasteiger partial charge is 0.277 e. The minimum Gasteiger partial charge on any atom is -0.277 e. The third-order valence-corrected chi connectivity index (χ3v) is 3.71. The lowest BCUT2D eigenvalue weighted by molar-refractivity contribution is -0.143. The van der Waals surface area contributed by atoms with Gasteiger partial charge in [0.1, 0.15) is 5.92 Å². The van der Waals surface area contributed by atoms with E-state index in [0.717, 1.165) is 23.3 Å². The van der Waals surface area contributed by atoms with Gasteiger partial charge >= 0.3 is 6.03 Å². The zero-order valence-corrected chi connectivity index (χ0v) is 12.4. The van der Waals surface area contributed by atoms with E-state index in [0.29, 0.717) is 6.42 Å². The predicted molar refractivity (Wildman–Crippen MR) is 78.3 cm³/mol. The molecule has 4 amide bonds. The van der Waals surface area contributed by atoms with Crippen molar-refractivity contribution in [2.75, 3.05) is 0 Å². The maximum atomic E-state index is 12.3. The molecule has 1 atom stereocenters. The minimum atomic E-state index is -0.748. The summed E-state index contributed by atoms with van der Waals surface area (Å²) in [6, 6.07) is 7.15. The quantitative estimate of drug-likeness (QED) is 0.845. The lowest BCUT2D eigenvalue weighted by atomic mass is 9.99. The first-order valence-corrected chi connectivity index (χ1v) is 7.30. The summed E-state index contributed by atoms with van der Waals surface area (Å²) in [4.78, 5) is 37.0. The van der Waals surface area contributed by atoms with Gasteiger partial charge in [0.2, 0.25) is 11.8 Å². The van der Waals surface area contributed by atoms with Gasteiger partial charge in [-0.05, 0) is 24.0 Å². The summed E-state index contributed by atoms with van der Waals surface area (Å²) in [7, 11) is 0. The Morgan fingerprint density at radius 1 is 1.05 bits per heavy atom. The summed E-state index contributed by atoms with van der Waals surface area (Å²) in [5, 5.41) is 2.26. The molecule has 1 heterocycles. The highest BCUT2D eigenvalue weighted by Gasteiger charge is 2.39. The van der Waals surface area contributed by atoms with Crippen LogP contribution in [-0.4, -0.2) is 22.7 Å². The Labute approximate surface area is 124 Å². The van der Waals surface area contributed by atoms with Crippen LogP contribution in [0.25, 0.3) is 0 Å². The summed E-state index contributed by atoms with van der Waals surface area (Å²) in [6.45, 7) is 4.17. The molecule has 0 bridgehead atoms. The Morgan fingerprint density at radius 2 is 1.67 bits per heavy atom. The van der Waals surface area contributed by atoms with Gasteiger partial charge in [-0.15, -0.1) is 0 Å². The minimum absolute atomic E-state index is 0.197. The molecule has 0 saturated carbocycles. The average molecular weight is 288 g/mol. The molecule has 1 aliphatic rings. The van der Waals surface area contributed by atoms with Gasteiger partial charge in [0, 0.05) is 0 Å². The molecule has 112 valence electrons. The molecule has 1 aliphatic heterocycles. The molecule has 0 aliphatic carbocycles. The van der Waals surface area contributed by atoms with Gasteiger partial charge < -0.3 is 0 Å². The number of carbonyl (C=O) groups is 3. The van der Waals surface area contributed by atoms with Gasteiger partial charge in [-0.3, -0.25) is 19.8 Å². The summed E-state index contributed by atoms with van der Waals surface area (Å²) in [5.74, 6) is -1.63. The highest BCUT2D eigenvalue weighted by atomic mass is 16.2. The van der Waals surface area contributed by atoms with E-state index in [4.69, 9.17) is 0 Å². The van der Waals surface area contributed by atoms with Gasteiger partial charge in [-0.1, -0.05) is 44.5 Å². The van der Waals surface area contributed by atoms with E-state index < -0.39 is 23.8 Å². The first-order valence-electron chi connectivity index (χ1n) is 7.30. The van der Waals surface area contributed by atoms with Crippen molar-refractivity contribution in [3.05, 3.63) is 35.4 Å². The Bertz CT molecular complexity index is 551. The number of urea groups is 1. The van der Waals surface area contributed by atoms with E-state index in [1.54, 1.807) is 0 Å². The molecule has 0 radical (unpaired) electrons. The van der Waals surface area contributed by atoms with Crippen LogP contribution < -0.4 is 5.32 Å². The Balaban J connectivity index is 2.14. The third kappa shape index (κ3) is 3.29. The van der Waals surface area contributed by atoms with E-state index >= 15 is 0 Å². The van der Waals surface area contributed by atoms with Crippen LogP contribution in [0.3, 0.4) is 0 Å². The molecule has 21 heavy (non-hydrogen) atoms. The molecular formula is C16H20N2O3. The summed E-state index contributed by atoms with van der Waals surface area (Å²) >= 11 is 0. The van der Waals surface area contributed by atoms with Gasteiger partial charge in [-0.2, -0.15) is 0 Å². The predicted octanol–water partition coefficient (Wildman–Crippen LogP) is 2.24. The standard InChI is InChI=1S/C16H20N2O3/c1-3-5-13-14(19)17-16(21)18(15(13)20)10-12-8-6-11(4-2)7-9-12/h6-9,13H,3-5,10H2,1-2H3,(H,17,19,21). The van der Waals surface area contributed by atoms with Gasteiger partial charge in [0.05, 0.1) is 6.54 Å². The van der Waals surface area contributed by atoms with Crippen LogP contribution in [0.5, 0.6) is 0 Å². The number of rotatable bonds is 5. The fourth-order valence-corrected chi connectivity index (χ4v) is 2.42. The maximum Gasteiger partial charge on any atom is 0.331 e. The Hall–Kier alpha value is -2.17. The van der Waals surface area contributed by atoms with Crippen LogP contribution in [0.15, 0.2) is 24.3 Å². The van der Waals surface area contributed by atoms with Gasteiger partial charge in [0.15, 0.2) is 0 Å². The van der Waals surface area contributed by atoms with Crippen LogP contribution in [0.1, 0.15) is 37.8 Å². The molecule has 1 N–H and O–H groups in total. The number of hydrogen-bond acceptors (Lipinski definition) is 3. The number of aryl methyl sites for hydroxylation is 1. The largest absolute Gasteiger partial charge is 0.331 e. The van der Waals surface area contributed by atoms with Crippen molar-refractivity contribution in [1.82, 2.24) is 10.2 Å². The van der Waals surface area contributed by atoms with Crippen LogP contribution in [-0.2, 0) is 22.6 Å². The summed E-state index contributed by atoms with van der Waals surface area (Å²) in [6.07, 6.45) is 2.12. The lowest BCUT2D eigenvalue weighted by Crippen LogP contribution is -2.57. The van der Waals surface area contributed by atoms with E-state index in [1.807, 2.05) is 31.2 Å². The summed E-state index contributed by atoms with van der Waals surface area (Å²) in [5.41, 5.74) is 2.08. The normalized spacial score (nSPS) is 18.9. The van der Waals surface area contributed by atoms with Gasteiger partial charge in [0.25, 0.3) is 0 Å². The molecule has 5 nitrogen and oxygen atoms in total. The zero-order chi connectivity index (χ0) is 15.4. The number of amides is 4. The van der Waals surface area contributed by atoms with E-state index in [2.05, 4.69) is 12.2 Å². The molecule has 1 fully saturated rings. The summed E-state index contributed by atoms with van der Waals surface area (Å²) < 4.78 is 0. The highest BCUT2D eigenvalue weighted by Crippen LogP contribution is 2.18. The number of carbonyl (C=O) groups excluding carboxylic acids is 3. The average Bonchev–Trinajstić information content (AvgIpc) is 2.48. The van der Waals surface area contributed by atoms with Crippen LogP contribution >= 0.6 is 0 Å². The molecule has 1 aromatic rings. The second-order valence-corrected chi connectivity index (χ2v) is 5.23. The second-order valence-electron chi connectivity index (χ2n) is 5.23. The van der Waals surface area contributed by atoms with Crippen molar-refractivity contribution in [3.63, 3.8) is 0 Å². The molecule has 0 spiro atoms. The zero-order valence-electron chi connectivity index (χ0n) is 12.4. The fraction of sp³-hybridized carbons (Fsp3) is 0.438. The topological polar surface area (TPSA) is 66.5 Å². The number of imide groups is 2. The highest BCUT2D eigenvalue weighted by molar-refractivity contribution is 6.16. The third-order valence-electron chi connectivity index (χ3n) is 3.71. The monoisotopic (exact) mass is 288 g/mol. The van der Waals surface area contributed by atoms with Crippen molar-refractivity contribution in [3.8, 4) is 0 Å². The second kappa shape index (κ2) is 6.52. The number of nitrogens with one attached hydrogen (secondary N) is 1. The van der Waals surface area contributed by atoms with E-state index in [1.165, 1.54) is 5.56 Å². The molecule has 2 rings (SSSR count). The first kappa shape index (κ1) is 15.2. The number of barbiturate groups is 1. The van der Waals surface area contributed by atoms with Gasteiger partial charge in [-0.25, -0.2) is 4.79 Å². The SMILES string of the molecule is CCCC1C(=O)NC(=O)N(Cc2ccc(CC)cc2)C1=O. The lowest BCUT2D eigenvalue weighted by Gasteiger charge is -2.30. The molecular weight excluding hydrogens is 268 g/mol. The number of nitrogens with zero attached hydrogens (tertiary/aromatic N) is 1. The maximum absolute atomic E-state index is 12.3. The van der Waals surface area contributed by atoms with Crippen molar-refractivity contribution in [1.29, 1.82) is 0 Å². The van der Waals surface area contributed by atoms with Crippen molar-refractivity contribution >= 4 is 17.8 Å². The number of benzene rings is 1. The van der Waals surface area contributed by atoms with E-state index in [9.17, 15) is 14.4 Å². The first-order chi connectivity index (χ1) is 10.1. The number of hydrogen-bond donors (Lipinski definition) is 1. The van der Waals surface area contributed by atoms with Crippen molar-refractivity contribution < 1.29 is 14.4 Å². The van der Waals surface area contributed by atoms with E-state index in [-0.39, 0.29) is 6.54 Å². The van der Waals surface area contributed by atoms with Crippen LogP contribution in [0.4, 0.5) is 4.79 Å². The molecule has 1 aromatic carbocycles. The molecule has 0 aromatic heterocycles. The van der Waals surface area contributed by atoms with Crippen molar-refractivity contribution in [2.45, 2.75) is 39.7 Å². The van der Waals surface area contributed by atoms with Crippen molar-refractivity contribution in [2.24, 2.45) is 5.92 Å². The molecule has 1 unspecified atom stereocenters. The molecule has 1 saturated heterocycles. The Kier molecular flexibility index (Phi) is 4.73. The Morgan fingerprint density at radius 3 is 2.24 bits per heavy atom.